The Kier molecular flexibility index (Phi) is 7.80. The van der Waals surface area contributed by atoms with Crippen LogP contribution in [0.5, 0.6) is 0 Å². The molecule has 0 aliphatic carbocycles. The number of piperidine rings is 1. The molecule has 1 fully saturated rings. The summed E-state index contributed by atoms with van der Waals surface area (Å²) < 4.78 is 1.92. The molecule has 36 heavy (non-hydrogen) atoms. The van der Waals surface area contributed by atoms with E-state index in [-0.39, 0.29) is 11.7 Å². The molecule has 1 aliphatic heterocycles. The van der Waals surface area contributed by atoms with Gasteiger partial charge in [-0.15, -0.1) is 10.2 Å². The van der Waals surface area contributed by atoms with Gasteiger partial charge in [-0.05, 0) is 92.1 Å². The van der Waals surface area contributed by atoms with Crippen LogP contribution < -0.4 is 10.2 Å². The molecule has 1 saturated heterocycles. The highest BCUT2D eigenvalue weighted by atomic mass is 35.5. The van der Waals surface area contributed by atoms with Crippen LogP contribution in [-0.4, -0.2) is 39.5 Å². The SMILES string of the molecule is O=C(CSc1nnc(-c2ccc(Cl)cc2)n1-c1ccc(Cl)cc1)Nc1ccc(N2CCCCC2)cc1. The highest BCUT2D eigenvalue weighted by Crippen LogP contribution is 2.29. The van der Waals surface area contributed by atoms with Crippen molar-refractivity contribution in [3.8, 4) is 17.1 Å². The number of anilines is 2. The molecule has 1 N–H and O–H groups in total. The number of carbonyl (C=O) groups excluding carboxylic acids is 1. The van der Waals surface area contributed by atoms with Crippen molar-refractivity contribution in [3.05, 3.63) is 82.8 Å². The number of nitrogens with zero attached hydrogens (tertiary/aromatic N) is 4. The highest BCUT2D eigenvalue weighted by molar-refractivity contribution is 7.99. The number of hydrogen-bond donors (Lipinski definition) is 1. The van der Waals surface area contributed by atoms with Crippen molar-refractivity contribution in [2.75, 3.05) is 29.1 Å². The number of amides is 1. The standard InChI is InChI=1S/C27H25Cl2N5OS/c28-20-6-4-19(5-7-20)26-31-32-27(34(26)24-12-8-21(29)9-13-24)36-18-25(35)30-22-10-14-23(15-11-22)33-16-2-1-3-17-33/h4-15H,1-3,16-18H2,(H,30,35). The number of nitrogens with one attached hydrogen (secondary N) is 1. The summed E-state index contributed by atoms with van der Waals surface area (Å²) in [6.45, 7) is 2.18. The zero-order valence-electron chi connectivity index (χ0n) is 19.5. The maximum atomic E-state index is 12.7. The van der Waals surface area contributed by atoms with Gasteiger partial charge in [0.1, 0.15) is 0 Å². The highest BCUT2D eigenvalue weighted by Gasteiger charge is 2.18. The van der Waals surface area contributed by atoms with Gasteiger partial charge in [0.2, 0.25) is 5.91 Å². The summed E-state index contributed by atoms with van der Waals surface area (Å²) in [5.74, 6) is 0.745. The van der Waals surface area contributed by atoms with E-state index in [1.165, 1.54) is 36.7 Å². The van der Waals surface area contributed by atoms with E-state index in [0.717, 1.165) is 30.0 Å². The molecule has 0 atom stereocenters. The second kappa shape index (κ2) is 11.4. The number of hydrogen-bond acceptors (Lipinski definition) is 5. The summed E-state index contributed by atoms with van der Waals surface area (Å²) in [7, 11) is 0. The van der Waals surface area contributed by atoms with Gasteiger partial charge in [-0.1, -0.05) is 35.0 Å². The van der Waals surface area contributed by atoms with Crippen molar-refractivity contribution in [3.63, 3.8) is 0 Å². The summed E-state index contributed by atoms with van der Waals surface area (Å²) in [6.07, 6.45) is 3.77. The number of aromatic nitrogens is 3. The maximum absolute atomic E-state index is 12.7. The van der Waals surface area contributed by atoms with E-state index in [4.69, 9.17) is 23.2 Å². The van der Waals surface area contributed by atoms with E-state index in [0.29, 0.717) is 21.0 Å². The van der Waals surface area contributed by atoms with Crippen molar-refractivity contribution in [2.45, 2.75) is 24.4 Å². The van der Waals surface area contributed by atoms with Crippen molar-refractivity contribution in [1.82, 2.24) is 14.8 Å². The van der Waals surface area contributed by atoms with Crippen LogP contribution in [-0.2, 0) is 4.79 Å². The zero-order chi connectivity index (χ0) is 24.9. The van der Waals surface area contributed by atoms with Crippen LogP contribution in [0.3, 0.4) is 0 Å². The average molecular weight is 539 g/mol. The quantitative estimate of drug-likeness (QED) is 0.258. The summed E-state index contributed by atoms with van der Waals surface area (Å²) in [6, 6.07) is 22.9. The Bertz CT molecular complexity index is 1320. The minimum atomic E-state index is -0.107. The Morgan fingerprint density at radius 2 is 1.42 bits per heavy atom. The number of thioether (sulfide) groups is 1. The maximum Gasteiger partial charge on any atom is 0.234 e. The van der Waals surface area contributed by atoms with Gasteiger partial charge in [-0.2, -0.15) is 0 Å². The molecule has 1 amide bonds. The van der Waals surface area contributed by atoms with Crippen LogP contribution in [0.4, 0.5) is 11.4 Å². The fourth-order valence-corrected chi connectivity index (χ4v) is 5.21. The average Bonchev–Trinajstić information content (AvgIpc) is 3.33. The number of halogens is 2. The first-order chi connectivity index (χ1) is 17.6. The molecule has 3 aromatic carbocycles. The van der Waals surface area contributed by atoms with E-state index >= 15 is 0 Å². The third-order valence-electron chi connectivity index (χ3n) is 6.03. The molecule has 6 nitrogen and oxygen atoms in total. The zero-order valence-corrected chi connectivity index (χ0v) is 21.9. The van der Waals surface area contributed by atoms with Crippen LogP contribution in [0.2, 0.25) is 10.0 Å². The predicted octanol–water partition coefficient (Wildman–Crippen LogP) is 6.96. The molecule has 0 radical (unpaired) electrons. The van der Waals surface area contributed by atoms with Gasteiger partial charge < -0.3 is 10.2 Å². The van der Waals surface area contributed by atoms with Gasteiger partial charge in [0, 0.05) is 45.8 Å². The van der Waals surface area contributed by atoms with E-state index in [1.54, 1.807) is 0 Å². The fourth-order valence-electron chi connectivity index (χ4n) is 4.21. The summed E-state index contributed by atoms with van der Waals surface area (Å²) in [4.78, 5) is 15.1. The van der Waals surface area contributed by atoms with Crippen LogP contribution >= 0.6 is 35.0 Å². The van der Waals surface area contributed by atoms with Crippen molar-refractivity contribution >= 4 is 52.2 Å². The third kappa shape index (κ3) is 5.86. The minimum Gasteiger partial charge on any atom is -0.372 e. The lowest BCUT2D eigenvalue weighted by atomic mass is 10.1. The molecule has 1 aliphatic rings. The first-order valence-electron chi connectivity index (χ1n) is 11.8. The number of benzene rings is 3. The van der Waals surface area contributed by atoms with Crippen LogP contribution in [0.15, 0.2) is 78.0 Å². The smallest absolute Gasteiger partial charge is 0.234 e. The first-order valence-corrected chi connectivity index (χ1v) is 13.6. The normalized spacial score (nSPS) is 13.6. The molecular formula is C27H25Cl2N5OS. The Hall–Kier alpha value is -3.00. The second-order valence-corrected chi connectivity index (χ2v) is 10.4. The molecule has 1 aromatic heterocycles. The van der Waals surface area contributed by atoms with Crippen molar-refractivity contribution < 1.29 is 4.79 Å². The van der Waals surface area contributed by atoms with Crippen LogP contribution in [0.1, 0.15) is 19.3 Å². The van der Waals surface area contributed by atoms with Crippen LogP contribution in [0.25, 0.3) is 17.1 Å². The lowest BCUT2D eigenvalue weighted by Gasteiger charge is -2.28. The molecule has 0 bridgehead atoms. The largest absolute Gasteiger partial charge is 0.372 e. The Labute approximate surface area is 224 Å². The van der Waals surface area contributed by atoms with E-state index in [1.807, 2.05) is 65.2 Å². The Morgan fingerprint density at radius 1 is 0.806 bits per heavy atom. The molecule has 9 heteroatoms. The van der Waals surface area contributed by atoms with E-state index < -0.39 is 0 Å². The number of rotatable bonds is 7. The van der Waals surface area contributed by atoms with Gasteiger partial charge >= 0.3 is 0 Å². The topological polar surface area (TPSA) is 63.1 Å². The Morgan fingerprint density at radius 3 is 2.08 bits per heavy atom. The lowest BCUT2D eigenvalue weighted by Crippen LogP contribution is -2.29. The predicted molar refractivity (Wildman–Crippen MR) is 149 cm³/mol. The van der Waals surface area contributed by atoms with Crippen LogP contribution in [0, 0.1) is 0 Å². The molecule has 0 unspecified atom stereocenters. The van der Waals surface area contributed by atoms with Crippen molar-refractivity contribution in [1.29, 1.82) is 0 Å². The van der Waals surface area contributed by atoms with Gasteiger partial charge in [0.05, 0.1) is 5.75 Å². The molecule has 0 saturated carbocycles. The number of carbonyl (C=O) groups is 1. The Balaban J connectivity index is 1.30. The molecule has 0 spiro atoms. The minimum absolute atomic E-state index is 0.107. The van der Waals surface area contributed by atoms with Gasteiger partial charge in [-0.25, -0.2) is 0 Å². The summed E-state index contributed by atoms with van der Waals surface area (Å²) >= 11 is 13.5. The molecular weight excluding hydrogens is 513 g/mol. The third-order valence-corrected chi connectivity index (χ3v) is 7.46. The van der Waals surface area contributed by atoms with Gasteiger partial charge in [0.25, 0.3) is 0 Å². The van der Waals surface area contributed by atoms with E-state index in [9.17, 15) is 4.79 Å². The van der Waals surface area contributed by atoms with Gasteiger partial charge in [-0.3, -0.25) is 9.36 Å². The summed E-state index contributed by atoms with van der Waals surface area (Å²) in [5.41, 5.74) is 3.70. The lowest BCUT2D eigenvalue weighted by molar-refractivity contribution is -0.113. The monoisotopic (exact) mass is 537 g/mol. The summed E-state index contributed by atoms with van der Waals surface area (Å²) in [5, 5.41) is 13.7. The molecule has 184 valence electrons. The van der Waals surface area contributed by atoms with Gasteiger partial charge in [0.15, 0.2) is 11.0 Å². The molecule has 4 aromatic rings. The molecule has 5 rings (SSSR count). The second-order valence-electron chi connectivity index (χ2n) is 8.56. The fraction of sp³-hybridized carbons (Fsp3) is 0.222. The molecule has 2 heterocycles. The first kappa shape index (κ1) is 24.7. The van der Waals surface area contributed by atoms with E-state index in [2.05, 4.69) is 32.5 Å². The van der Waals surface area contributed by atoms with Crippen molar-refractivity contribution in [2.24, 2.45) is 0 Å².